The van der Waals surface area contributed by atoms with Crippen molar-refractivity contribution in [2.24, 2.45) is 11.8 Å². The molecule has 0 aromatic carbocycles. The van der Waals surface area contributed by atoms with Crippen molar-refractivity contribution in [2.45, 2.75) is 81.0 Å². The lowest BCUT2D eigenvalue weighted by molar-refractivity contribution is -0.155. The molecule has 3 aliphatic rings. The van der Waals surface area contributed by atoms with Crippen LogP contribution in [-0.4, -0.2) is 80.1 Å². The number of rotatable bonds is 11. The fraction of sp³-hybridized carbons (Fsp3) is 0.720. The molecule has 2 bridgehead atoms. The minimum Gasteiger partial charge on any atom is -0.461 e. The van der Waals surface area contributed by atoms with Crippen molar-refractivity contribution in [3.8, 4) is 0 Å². The number of carbonyl (C=O) groups excluding carboxylic acids is 3. The predicted octanol–water partition coefficient (Wildman–Crippen LogP) is 2.78. The van der Waals surface area contributed by atoms with Gasteiger partial charge in [0, 0.05) is 17.3 Å². The highest BCUT2D eigenvalue weighted by atomic mass is 32.2. The minimum absolute atomic E-state index is 0.00937. The normalized spacial score (nSPS) is 34.0. The number of fused-ring (bicyclic) bond motifs is 1. The van der Waals surface area contributed by atoms with Gasteiger partial charge in [-0.05, 0) is 40.0 Å². The molecule has 3 unspecified atom stereocenters. The van der Waals surface area contributed by atoms with Crippen molar-refractivity contribution < 1.29 is 24.2 Å². The fourth-order valence-electron chi connectivity index (χ4n) is 6.15. The van der Waals surface area contributed by atoms with Gasteiger partial charge in [-0.25, -0.2) is 0 Å². The first kappa shape index (κ1) is 25.8. The third kappa shape index (κ3) is 4.03. The number of hydrogen-bond donors (Lipinski definition) is 1. The van der Waals surface area contributed by atoms with E-state index < -0.39 is 39.4 Å². The lowest BCUT2D eigenvalue weighted by Gasteiger charge is -2.40. The van der Waals surface area contributed by atoms with E-state index >= 15 is 0 Å². The largest absolute Gasteiger partial charge is 0.461 e. The van der Waals surface area contributed by atoms with E-state index in [4.69, 9.17) is 4.74 Å². The molecule has 3 aliphatic heterocycles. The number of aliphatic hydroxyl groups is 1. The minimum atomic E-state index is -0.736. The second-order valence-electron chi connectivity index (χ2n) is 9.84. The molecule has 1 spiro atoms. The smallest absolute Gasteiger partial charge is 0.311 e. The molecule has 3 rings (SSSR count). The van der Waals surface area contributed by atoms with Crippen molar-refractivity contribution in [1.29, 1.82) is 0 Å². The maximum absolute atomic E-state index is 14.2. The van der Waals surface area contributed by atoms with E-state index in [2.05, 4.69) is 20.1 Å². The summed E-state index contributed by atoms with van der Waals surface area (Å²) in [5.41, 5.74) is 0. The van der Waals surface area contributed by atoms with E-state index in [0.29, 0.717) is 13.0 Å². The lowest BCUT2D eigenvalue weighted by Crippen LogP contribution is -2.58. The summed E-state index contributed by atoms with van der Waals surface area (Å²) < 4.78 is 4.24. The molecular formula is C25H38N2O5S. The summed E-state index contributed by atoms with van der Waals surface area (Å²) >= 11 is 1.61. The molecule has 2 amide bonds. The van der Waals surface area contributed by atoms with Crippen LogP contribution < -0.4 is 0 Å². The zero-order valence-electron chi connectivity index (χ0n) is 20.3. The summed E-state index contributed by atoms with van der Waals surface area (Å²) in [6.45, 7) is 15.5. The summed E-state index contributed by atoms with van der Waals surface area (Å²) in [6.07, 6.45) is 6.40. The Morgan fingerprint density at radius 1 is 1.33 bits per heavy atom. The Morgan fingerprint density at radius 2 is 2.03 bits per heavy atom. The van der Waals surface area contributed by atoms with Gasteiger partial charge >= 0.3 is 5.97 Å². The Morgan fingerprint density at radius 3 is 2.61 bits per heavy atom. The number of thioether (sulfide) groups is 1. The summed E-state index contributed by atoms with van der Waals surface area (Å²) in [5.74, 6) is -2.03. The molecule has 0 saturated carbocycles. The first-order valence-corrected chi connectivity index (χ1v) is 12.8. The molecular weight excluding hydrogens is 440 g/mol. The molecule has 0 aromatic rings. The maximum atomic E-state index is 14.2. The average molecular weight is 479 g/mol. The fourth-order valence-corrected chi connectivity index (χ4v) is 8.48. The van der Waals surface area contributed by atoms with Gasteiger partial charge in [-0.2, -0.15) is 0 Å². The molecule has 0 aliphatic carbocycles. The molecule has 33 heavy (non-hydrogen) atoms. The number of ether oxygens (including phenoxy) is 1. The second-order valence-corrected chi connectivity index (χ2v) is 11.7. The Balaban J connectivity index is 2.08. The zero-order valence-corrected chi connectivity index (χ0v) is 21.1. The highest BCUT2D eigenvalue weighted by Gasteiger charge is 2.78. The SMILES string of the molecule is C=CCOC(=O)[C@H]1[C@H]2C(=O)N([C@H](C)CO)C(C(=O)N(CC=C)C(C)CCC)C23CC[C@]1(C)S3. The molecule has 7 nitrogen and oxygen atoms in total. The van der Waals surface area contributed by atoms with Gasteiger partial charge in [0.15, 0.2) is 0 Å². The molecule has 184 valence electrons. The van der Waals surface area contributed by atoms with E-state index in [1.807, 2.05) is 18.7 Å². The van der Waals surface area contributed by atoms with E-state index in [0.717, 1.165) is 19.3 Å². The van der Waals surface area contributed by atoms with Crippen LogP contribution in [0.5, 0.6) is 0 Å². The number of amides is 2. The summed E-state index contributed by atoms with van der Waals surface area (Å²) in [7, 11) is 0. The second kappa shape index (κ2) is 9.82. The molecule has 0 aromatic heterocycles. The molecule has 3 heterocycles. The third-order valence-corrected chi connectivity index (χ3v) is 9.62. The van der Waals surface area contributed by atoms with Crippen LogP contribution >= 0.6 is 11.8 Å². The van der Waals surface area contributed by atoms with Gasteiger partial charge in [-0.15, -0.1) is 18.3 Å². The van der Waals surface area contributed by atoms with Gasteiger partial charge in [-0.3, -0.25) is 14.4 Å². The lowest BCUT2D eigenvalue weighted by atomic mass is 9.66. The van der Waals surface area contributed by atoms with Gasteiger partial charge in [0.2, 0.25) is 11.8 Å². The quantitative estimate of drug-likeness (QED) is 0.363. The molecule has 3 fully saturated rings. The number of aliphatic hydroxyl groups excluding tert-OH is 1. The summed E-state index contributed by atoms with van der Waals surface area (Å²) in [4.78, 5) is 44.5. The van der Waals surface area contributed by atoms with Crippen molar-refractivity contribution >= 4 is 29.5 Å². The Labute approximate surface area is 201 Å². The summed E-state index contributed by atoms with van der Waals surface area (Å²) in [6, 6.07) is -1.28. The van der Waals surface area contributed by atoms with Crippen LogP contribution in [0.1, 0.15) is 53.4 Å². The van der Waals surface area contributed by atoms with Crippen LogP contribution in [0.15, 0.2) is 25.3 Å². The van der Waals surface area contributed by atoms with Crippen molar-refractivity contribution in [2.75, 3.05) is 19.8 Å². The van der Waals surface area contributed by atoms with Crippen LogP contribution in [0.3, 0.4) is 0 Å². The Bertz CT molecular complexity index is 819. The number of carbonyl (C=O) groups is 3. The molecule has 1 N–H and O–H groups in total. The van der Waals surface area contributed by atoms with Crippen LogP contribution in [0, 0.1) is 11.8 Å². The van der Waals surface area contributed by atoms with Crippen LogP contribution in [0.2, 0.25) is 0 Å². The van der Waals surface area contributed by atoms with E-state index in [-0.39, 0.29) is 31.1 Å². The van der Waals surface area contributed by atoms with Crippen LogP contribution in [0.25, 0.3) is 0 Å². The van der Waals surface area contributed by atoms with E-state index in [1.165, 1.54) is 6.08 Å². The molecule has 7 atom stereocenters. The van der Waals surface area contributed by atoms with Crippen LogP contribution in [-0.2, 0) is 19.1 Å². The average Bonchev–Trinajstić information content (AvgIpc) is 3.35. The van der Waals surface area contributed by atoms with E-state index in [1.54, 1.807) is 29.7 Å². The van der Waals surface area contributed by atoms with Gasteiger partial charge in [-0.1, -0.05) is 32.1 Å². The first-order chi connectivity index (χ1) is 15.6. The van der Waals surface area contributed by atoms with Gasteiger partial charge in [0.25, 0.3) is 0 Å². The number of nitrogens with zero attached hydrogens (tertiary/aromatic N) is 2. The topological polar surface area (TPSA) is 87.1 Å². The van der Waals surface area contributed by atoms with Crippen molar-refractivity contribution in [1.82, 2.24) is 9.80 Å². The Hall–Kier alpha value is -1.80. The van der Waals surface area contributed by atoms with Gasteiger partial charge < -0.3 is 19.6 Å². The highest BCUT2D eigenvalue weighted by molar-refractivity contribution is 8.02. The van der Waals surface area contributed by atoms with Crippen molar-refractivity contribution in [3.63, 3.8) is 0 Å². The molecule has 3 saturated heterocycles. The zero-order chi connectivity index (χ0) is 24.6. The predicted molar refractivity (Wildman–Crippen MR) is 130 cm³/mol. The standard InChI is InChI=1S/C25H38N2O5S/c1-7-10-16(4)26(13-8-2)22(30)20-25-12-11-24(6,33-25)19(23(31)32-14-9-3)18(25)21(29)27(20)17(5)15-28/h8-9,16-20,28H,2-3,7,10-15H2,1,4-6H3/t16?,17-,18+,19-,20?,24+,25?/m1/s1. The van der Waals surface area contributed by atoms with E-state index in [9.17, 15) is 19.5 Å². The number of hydrogen-bond acceptors (Lipinski definition) is 6. The van der Waals surface area contributed by atoms with Gasteiger partial charge in [0.05, 0.1) is 29.2 Å². The molecule has 8 heteroatoms. The summed E-state index contributed by atoms with van der Waals surface area (Å²) in [5, 5.41) is 9.98. The Kier molecular flexibility index (Phi) is 7.68. The number of likely N-dealkylation sites (tertiary alicyclic amines) is 1. The molecule has 0 radical (unpaired) electrons. The third-order valence-electron chi connectivity index (χ3n) is 7.63. The van der Waals surface area contributed by atoms with Gasteiger partial charge in [0.1, 0.15) is 12.6 Å². The maximum Gasteiger partial charge on any atom is 0.311 e. The van der Waals surface area contributed by atoms with Crippen molar-refractivity contribution in [3.05, 3.63) is 25.3 Å². The van der Waals surface area contributed by atoms with Crippen LogP contribution in [0.4, 0.5) is 0 Å². The monoisotopic (exact) mass is 478 g/mol. The highest BCUT2D eigenvalue weighted by Crippen LogP contribution is 2.71. The number of esters is 1. The first-order valence-electron chi connectivity index (χ1n) is 12.0.